The lowest BCUT2D eigenvalue weighted by Gasteiger charge is -2.23. The molecule has 0 unspecified atom stereocenters. The van der Waals surface area contributed by atoms with Crippen LogP contribution in [0.2, 0.25) is 0 Å². The summed E-state index contributed by atoms with van der Waals surface area (Å²) in [4.78, 5) is 25.2. The van der Waals surface area contributed by atoms with Crippen molar-refractivity contribution in [3.63, 3.8) is 0 Å². The summed E-state index contributed by atoms with van der Waals surface area (Å²) in [6.45, 7) is 0.542. The number of carbonyl (C=O) groups is 2. The highest BCUT2D eigenvalue weighted by Gasteiger charge is 2.34. The second kappa shape index (κ2) is 6.51. The average Bonchev–Trinajstić information content (AvgIpc) is 3.05. The molecule has 1 N–H and O–H groups in total. The molecule has 1 aliphatic heterocycles. The average molecular weight is 301 g/mol. The molecule has 22 heavy (non-hydrogen) atoms. The summed E-state index contributed by atoms with van der Waals surface area (Å²) in [5, 5.41) is 9.20. The van der Waals surface area contributed by atoms with E-state index < -0.39 is 12.0 Å². The van der Waals surface area contributed by atoms with Crippen molar-refractivity contribution in [1.82, 2.24) is 4.90 Å². The fourth-order valence-corrected chi connectivity index (χ4v) is 3.77. The Morgan fingerprint density at radius 1 is 0.955 bits per heavy atom. The van der Waals surface area contributed by atoms with Gasteiger partial charge < -0.3 is 10.0 Å². The Hall–Kier alpha value is -1.84. The van der Waals surface area contributed by atoms with Crippen LogP contribution in [-0.4, -0.2) is 34.5 Å². The number of benzene rings is 1. The summed E-state index contributed by atoms with van der Waals surface area (Å²) in [7, 11) is 0. The van der Waals surface area contributed by atoms with Crippen molar-refractivity contribution >= 4 is 11.9 Å². The molecule has 1 heterocycles. The van der Waals surface area contributed by atoms with Gasteiger partial charge in [0.1, 0.15) is 6.04 Å². The van der Waals surface area contributed by atoms with E-state index >= 15 is 0 Å². The Labute approximate surface area is 131 Å². The summed E-state index contributed by atoms with van der Waals surface area (Å²) in [6.07, 6.45) is 7.71. The zero-order valence-corrected chi connectivity index (χ0v) is 12.8. The van der Waals surface area contributed by atoms with Crippen LogP contribution in [0.3, 0.4) is 0 Å². The number of carboxylic acid groups (broad SMARTS) is 1. The number of likely N-dealkylation sites (tertiary alicyclic amines) is 1. The van der Waals surface area contributed by atoms with Crippen LogP contribution in [0.4, 0.5) is 0 Å². The molecule has 2 aliphatic rings. The van der Waals surface area contributed by atoms with Gasteiger partial charge in [0.05, 0.1) is 0 Å². The first-order chi connectivity index (χ1) is 10.7. The Balaban J connectivity index is 1.72. The van der Waals surface area contributed by atoms with E-state index in [-0.39, 0.29) is 5.91 Å². The normalized spacial score (nSPS) is 22.7. The van der Waals surface area contributed by atoms with Gasteiger partial charge in [0.2, 0.25) is 0 Å². The van der Waals surface area contributed by atoms with Gasteiger partial charge in [-0.25, -0.2) is 4.79 Å². The highest BCUT2D eigenvalue weighted by atomic mass is 16.4. The van der Waals surface area contributed by atoms with Gasteiger partial charge in [-0.3, -0.25) is 4.79 Å². The van der Waals surface area contributed by atoms with E-state index in [9.17, 15) is 14.7 Å². The maximum atomic E-state index is 12.5. The quantitative estimate of drug-likeness (QED) is 0.930. The number of hydrogen-bond acceptors (Lipinski definition) is 2. The minimum atomic E-state index is -0.898. The lowest BCUT2D eigenvalue weighted by Crippen LogP contribution is -2.40. The maximum absolute atomic E-state index is 12.5. The van der Waals surface area contributed by atoms with Crippen molar-refractivity contribution in [1.29, 1.82) is 0 Å². The first-order valence-corrected chi connectivity index (χ1v) is 8.30. The van der Waals surface area contributed by atoms with Crippen LogP contribution in [0, 0.1) is 0 Å². The van der Waals surface area contributed by atoms with Crippen LogP contribution in [0.1, 0.15) is 66.8 Å². The van der Waals surface area contributed by atoms with Gasteiger partial charge in [0.15, 0.2) is 0 Å². The van der Waals surface area contributed by atoms with Crippen molar-refractivity contribution in [2.75, 3.05) is 6.54 Å². The maximum Gasteiger partial charge on any atom is 0.326 e. The summed E-state index contributed by atoms with van der Waals surface area (Å²) in [5.41, 5.74) is 1.92. The molecular formula is C18H23NO3. The fourth-order valence-electron chi connectivity index (χ4n) is 3.77. The molecule has 0 radical (unpaired) electrons. The minimum Gasteiger partial charge on any atom is -0.480 e. The van der Waals surface area contributed by atoms with E-state index in [4.69, 9.17) is 0 Å². The predicted molar refractivity (Wildman–Crippen MR) is 84.0 cm³/mol. The van der Waals surface area contributed by atoms with E-state index in [1.807, 2.05) is 12.1 Å². The summed E-state index contributed by atoms with van der Waals surface area (Å²) < 4.78 is 0. The standard InChI is InChI=1S/C18H23NO3/c20-17(19-12-4-7-16(19)18(21)22)15-10-8-14(9-11-15)13-5-2-1-3-6-13/h8-11,13,16H,1-7,12H2,(H,21,22)/t16-/m1/s1. The number of carbonyl (C=O) groups excluding carboxylic acids is 1. The second-order valence-corrected chi connectivity index (χ2v) is 6.45. The van der Waals surface area contributed by atoms with E-state index in [1.165, 1.54) is 42.6 Å². The fraction of sp³-hybridized carbons (Fsp3) is 0.556. The third-order valence-corrected chi connectivity index (χ3v) is 5.03. The molecule has 2 fully saturated rings. The van der Waals surface area contributed by atoms with Gasteiger partial charge in [-0.2, -0.15) is 0 Å². The number of rotatable bonds is 3. The lowest BCUT2D eigenvalue weighted by molar-refractivity contribution is -0.141. The van der Waals surface area contributed by atoms with E-state index in [1.54, 1.807) is 0 Å². The predicted octanol–water partition coefficient (Wildman–Crippen LogP) is 3.42. The second-order valence-electron chi connectivity index (χ2n) is 6.45. The number of hydrogen-bond donors (Lipinski definition) is 1. The third kappa shape index (κ3) is 3.01. The molecule has 3 rings (SSSR count). The lowest BCUT2D eigenvalue weighted by atomic mass is 9.84. The van der Waals surface area contributed by atoms with Crippen LogP contribution >= 0.6 is 0 Å². The summed E-state index contributed by atoms with van der Waals surface area (Å²) in [6, 6.07) is 7.17. The largest absolute Gasteiger partial charge is 0.480 e. The zero-order chi connectivity index (χ0) is 15.5. The monoisotopic (exact) mass is 301 g/mol. The first-order valence-electron chi connectivity index (χ1n) is 8.30. The number of carboxylic acids is 1. The van der Waals surface area contributed by atoms with Crippen molar-refractivity contribution in [2.24, 2.45) is 0 Å². The van der Waals surface area contributed by atoms with Crippen molar-refractivity contribution < 1.29 is 14.7 Å². The summed E-state index contributed by atoms with van der Waals surface area (Å²) >= 11 is 0. The molecule has 1 amide bonds. The SMILES string of the molecule is O=C(O)[C@H]1CCCN1C(=O)c1ccc(C2CCCCC2)cc1. The summed E-state index contributed by atoms with van der Waals surface area (Å²) in [5.74, 6) is -0.429. The van der Waals surface area contributed by atoms with Crippen LogP contribution in [0.5, 0.6) is 0 Å². The highest BCUT2D eigenvalue weighted by molar-refractivity contribution is 5.97. The molecule has 118 valence electrons. The first kappa shape index (κ1) is 15.1. The smallest absolute Gasteiger partial charge is 0.326 e. The van der Waals surface area contributed by atoms with E-state index in [0.717, 1.165) is 6.42 Å². The molecule has 1 aromatic rings. The Kier molecular flexibility index (Phi) is 4.46. The molecule has 1 saturated carbocycles. The van der Waals surface area contributed by atoms with Gasteiger partial charge in [0.25, 0.3) is 5.91 Å². The number of nitrogens with zero attached hydrogens (tertiary/aromatic N) is 1. The van der Waals surface area contributed by atoms with Gasteiger partial charge in [-0.05, 0) is 49.3 Å². The molecule has 0 bridgehead atoms. The molecular weight excluding hydrogens is 278 g/mol. The van der Waals surface area contributed by atoms with Gasteiger partial charge >= 0.3 is 5.97 Å². The Morgan fingerprint density at radius 3 is 2.27 bits per heavy atom. The van der Waals surface area contributed by atoms with Gasteiger partial charge in [0, 0.05) is 12.1 Å². The number of amides is 1. The molecule has 4 heteroatoms. The molecule has 4 nitrogen and oxygen atoms in total. The molecule has 1 aliphatic carbocycles. The van der Waals surface area contributed by atoms with Crippen molar-refractivity contribution in [2.45, 2.75) is 56.9 Å². The van der Waals surface area contributed by atoms with Gasteiger partial charge in [-0.15, -0.1) is 0 Å². The van der Waals surface area contributed by atoms with Crippen LogP contribution < -0.4 is 0 Å². The Morgan fingerprint density at radius 2 is 1.64 bits per heavy atom. The molecule has 0 spiro atoms. The Bertz CT molecular complexity index is 546. The molecule has 0 aromatic heterocycles. The van der Waals surface area contributed by atoms with Crippen LogP contribution in [-0.2, 0) is 4.79 Å². The van der Waals surface area contributed by atoms with Crippen LogP contribution in [0.15, 0.2) is 24.3 Å². The van der Waals surface area contributed by atoms with Crippen molar-refractivity contribution in [3.8, 4) is 0 Å². The number of aliphatic carboxylic acids is 1. The molecule has 1 aromatic carbocycles. The molecule has 1 saturated heterocycles. The minimum absolute atomic E-state index is 0.153. The van der Waals surface area contributed by atoms with E-state index in [2.05, 4.69) is 12.1 Å². The van der Waals surface area contributed by atoms with Crippen molar-refractivity contribution in [3.05, 3.63) is 35.4 Å². The zero-order valence-electron chi connectivity index (χ0n) is 12.8. The molecule has 1 atom stereocenters. The topological polar surface area (TPSA) is 57.6 Å². The van der Waals surface area contributed by atoms with Gasteiger partial charge in [-0.1, -0.05) is 31.4 Å². The highest BCUT2D eigenvalue weighted by Crippen LogP contribution is 2.32. The third-order valence-electron chi connectivity index (χ3n) is 5.03. The van der Waals surface area contributed by atoms with Crippen LogP contribution in [0.25, 0.3) is 0 Å². The van der Waals surface area contributed by atoms with E-state index in [0.29, 0.717) is 24.4 Å².